The maximum Gasteiger partial charge on any atom is 0.163 e. The summed E-state index contributed by atoms with van der Waals surface area (Å²) in [6.45, 7) is 10.6. The average Bonchev–Trinajstić information content (AvgIpc) is 3.67. The summed E-state index contributed by atoms with van der Waals surface area (Å²) in [5, 5.41) is 2.53. The van der Waals surface area contributed by atoms with E-state index in [1.54, 1.807) is 0 Å². The molecule has 10 rings (SSSR count). The Labute approximate surface area is 296 Å². The van der Waals surface area contributed by atoms with Crippen LogP contribution in [0.3, 0.4) is 0 Å². The molecule has 2 aromatic heterocycles. The van der Waals surface area contributed by atoms with Gasteiger partial charge in [-0.1, -0.05) is 141 Å². The highest BCUT2D eigenvalue weighted by Crippen LogP contribution is 2.61. The van der Waals surface area contributed by atoms with E-state index >= 15 is 0 Å². The second-order valence-electron chi connectivity index (χ2n) is 13.4. The fraction of sp³-hybridized carbons (Fsp3) is 0.0426. The Kier molecular flexibility index (Phi) is 6.27. The molecule has 0 bridgehead atoms. The minimum Gasteiger partial charge on any atom is -0.309 e. The lowest BCUT2D eigenvalue weighted by atomic mass is 9.65. The fourth-order valence-electron chi connectivity index (χ4n) is 8.60. The molecule has 0 N–H and O–H groups in total. The van der Waals surface area contributed by atoms with E-state index < -0.39 is 5.41 Å². The fourth-order valence-corrected chi connectivity index (χ4v) is 8.60. The second-order valence-corrected chi connectivity index (χ2v) is 13.4. The van der Waals surface area contributed by atoms with Gasteiger partial charge in [-0.3, -0.25) is 0 Å². The predicted octanol–water partition coefficient (Wildman–Crippen LogP) is 10.9. The number of aryl methyl sites for hydroxylation is 1. The predicted molar refractivity (Wildman–Crippen MR) is 209 cm³/mol. The first kappa shape index (κ1) is 29.3. The lowest BCUT2D eigenvalue weighted by molar-refractivity contribution is 0.748. The summed E-state index contributed by atoms with van der Waals surface area (Å²) in [5.41, 5.74) is 14.5. The zero-order chi connectivity index (χ0) is 34.3. The van der Waals surface area contributed by atoms with E-state index in [2.05, 4.69) is 137 Å². The Morgan fingerprint density at radius 1 is 0.647 bits per heavy atom. The van der Waals surface area contributed by atoms with Crippen LogP contribution in [0.15, 0.2) is 165 Å². The van der Waals surface area contributed by atoms with E-state index in [-0.39, 0.29) is 0 Å². The SMILES string of the molecule is C=C/C(=C\C(=C)c1nc(C)nc(-c2ccccc2)n1)c1ccc2c(c1)C1(c3ccccc3-2)c2ccccc2-n2c3ccccc3c3cccc1c32. The van der Waals surface area contributed by atoms with E-state index in [0.29, 0.717) is 23.0 Å². The maximum absolute atomic E-state index is 4.82. The third kappa shape index (κ3) is 4.05. The van der Waals surface area contributed by atoms with Gasteiger partial charge in [0.2, 0.25) is 0 Å². The molecule has 51 heavy (non-hydrogen) atoms. The first-order valence-corrected chi connectivity index (χ1v) is 17.3. The van der Waals surface area contributed by atoms with Crippen molar-refractivity contribution in [3.63, 3.8) is 0 Å². The molecule has 1 spiro atoms. The summed E-state index contributed by atoms with van der Waals surface area (Å²) in [5.74, 6) is 1.83. The minimum atomic E-state index is -0.526. The number of benzene rings is 6. The van der Waals surface area contributed by atoms with Gasteiger partial charge in [-0.2, -0.15) is 0 Å². The first-order valence-electron chi connectivity index (χ1n) is 17.3. The molecule has 0 fully saturated rings. The van der Waals surface area contributed by atoms with Crippen LogP contribution in [0.2, 0.25) is 0 Å². The van der Waals surface area contributed by atoms with Crippen molar-refractivity contribution in [1.82, 2.24) is 19.5 Å². The van der Waals surface area contributed by atoms with E-state index in [9.17, 15) is 0 Å². The molecule has 4 heteroatoms. The van der Waals surface area contributed by atoms with E-state index in [0.717, 1.165) is 16.7 Å². The van der Waals surface area contributed by atoms with Crippen LogP contribution in [0, 0.1) is 6.92 Å². The van der Waals surface area contributed by atoms with Gasteiger partial charge in [-0.15, -0.1) is 0 Å². The quantitative estimate of drug-likeness (QED) is 0.174. The van der Waals surface area contributed by atoms with Gasteiger partial charge in [0.25, 0.3) is 0 Å². The third-order valence-corrected chi connectivity index (χ3v) is 10.6. The average molecular weight is 653 g/mol. The molecular weight excluding hydrogens is 621 g/mol. The molecule has 1 unspecified atom stereocenters. The molecule has 0 radical (unpaired) electrons. The van der Waals surface area contributed by atoms with Gasteiger partial charge in [0.15, 0.2) is 11.6 Å². The van der Waals surface area contributed by atoms with Crippen molar-refractivity contribution < 1.29 is 0 Å². The van der Waals surface area contributed by atoms with Crippen molar-refractivity contribution in [1.29, 1.82) is 0 Å². The Balaban J connectivity index is 1.20. The summed E-state index contributed by atoms with van der Waals surface area (Å²) >= 11 is 0. The van der Waals surface area contributed by atoms with Crippen LogP contribution in [-0.2, 0) is 5.41 Å². The molecule has 1 atom stereocenters. The molecular formula is C47H32N4. The van der Waals surface area contributed by atoms with Crippen molar-refractivity contribution in [3.05, 3.63) is 204 Å². The van der Waals surface area contributed by atoms with Crippen LogP contribution in [0.4, 0.5) is 0 Å². The number of allylic oxidation sites excluding steroid dienone is 4. The summed E-state index contributed by atoms with van der Waals surface area (Å²) in [4.78, 5) is 14.1. The van der Waals surface area contributed by atoms with Gasteiger partial charge in [0.05, 0.1) is 22.1 Å². The number of fused-ring (bicyclic) bond motifs is 12. The van der Waals surface area contributed by atoms with Crippen LogP contribution < -0.4 is 0 Å². The molecule has 8 aromatic rings. The minimum absolute atomic E-state index is 0.526. The monoisotopic (exact) mass is 652 g/mol. The van der Waals surface area contributed by atoms with E-state index in [1.165, 1.54) is 60.9 Å². The Morgan fingerprint density at radius 3 is 2.22 bits per heavy atom. The lowest BCUT2D eigenvalue weighted by Crippen LogP contribution is -2.33. The molecule has 2 aliphatic rings. The van der Waals surface area contributed by atoms with Crippen LogP contribution in [0.5, 0.6) is 0 Å². The largest absolute Gasteiger partial charge is 0.309 e. The number of nitrogens with zero attached hydrogens (tertiary/aromatic N) is 4. The highest BCUT2D eigenvalue weighted by atomic mass is 15.0. The smallest absolute Gasteiger partial charge is 0.163 e. The van der Waals surface area contributed by atoms with Crippen molar-refractivity contribution in [2.75, 3.05) is 0 Å². The molecule has 0 amide bonds. The highest BCUT2D eigenvalue weighted by molar-refractivity contribution is 6.12. The maximum atomic E-state index is 4.82. The van der Waals surface area contributed by atoms with Gasteiger partial charge in [0, 0.05) is 21.9 Å². The zero-order valence-electron chi connectivity index (χ0n) is 28.1. The third-order valence-electron chi connectivity index (χ3n) is 10.6. The second kappa shape index (κ2) is 10.9. The summed E-state index contributed by atoms with van der Waals surface area (Å²) < 4.78 is 2.48. The number of hydrogen-bond acceptors (Lipinski definition) is 3. The number of para-hydroxylation sites is 3. The van der Waals surface area contributed by atoms with Crippen LogP contribution in [0.25, 0.3) is 61.2 Å². The molecule has 6 aromatic carbocycles. The van der Waals surface area contributed by atoms with Gasteiger partial charge in [0.1, 0.15) is 5.82 Å². The highest BCUT2D eigenvalue weighted by Gasteiger charge is 2.50. The summed E-state index contributed by atoms with van der Waals surface area (Å²) in [6.07, 6.45) is 3.95. The van der Waals surface area contributed by atoms with Crippen LogP contribution >= 0.6 is 0 Å². The molecule has 1 aliphatic heterocycles. The molecule has 4 nitrogen and oxygen atoms in total. The molecule has 0 saturated carbocycles. The van der Waals surface area contributed by atoms with E-state index in [1.807, 2.05) is 49.4 Å². The first-order chi connectivity index (χ1) is 25.1. The lowest BCUT2D eigenvalue weighted by Gasteiger charge is -2.39. The van der Waals surface area contributed by atoms with Crippen LogP contribution in [-0.4, -0.2) is 19.5 Å². The summed E-state index contributed by atoms with van der Waals surface area (Å²) in [7, 11) is 0. The van der Waals surface area contributed by atoms with Gasteiger partial charge < -0.3 is 4.57 Å². The standard InChI is InChI=1S/C47H32N4/c1-4-31(27-29(2)45-48-30(3)49-46(50-45)32-15-6-5-7-16-32)33-25-26-35-34-17-8-10-20-38(34)47(41(35)28-33)39-21-11-13-24-43(39)51-42-23-12-9-18-36(42)37-19-14-22-40(47)44(37)51/h4-28H,1-2H2,3H3/b31-27+. The molecule has 1 aliphatic carbocycles. The Bertz CT molecular complexity index is 2800. The van der Waals surface area contributed by atoms with Crippen molar-refractivity contribution in [3.8, 4) is 28.2 Å². The van der Waals surface area contributed by atoms with Gasteiger partial charge in [-0.25, -0.2) is 15.0 Å². The normalized spacial score (nSPS) is 15.5. The van der Waals surface area contributed by atoms with E-state index in [4.69, 9.17) is 4.98 Å². The molecule has 0 saturated heterocycles. The van der Waals surface area contributed by atoms with Crippen molar-refractivity contribution in [2.45, 2.75) is 12.3 Å². The van der Waals surface area contributed by atoms with Crippen molar-refractivity contribution >= 4 is 33.0 Å². The molecule has 3 heterocycles. The zero-order valence-corrected chi connectivity index (χ0v) is 28.1. The van der Waals surface area contributed by atoms with Crippen molar-refractivity contribution in [2.24, 2.45) is 0 Å². The number of hydrogen-bond donors (Lipinski definition) is 0. The topological polar surface area (TPSA) is 43.6 Å². The van der Waals surface area contributed by atoms with Crippen LogP contribution in [0.1, 0.15) is 39.5 Å². The Morgan fingerprint density at radius 2 is 1.35 bits per heavy atom. The van der Waals surface area contributed by atoms with Gasteiger partial charge in [-0.05, 0) is 75.7 Å². The molecule has 240 valence electrons. The Hall–Kier alpha value is -6.65. The number of aromatic nitrogens is 4. The summed E-state index contributed by atoms with van der Waals surface area (Å²) in [6, 6.07) is 50.3. The number of rotatable bonds is 5. The van der Waals surface area contributed by atoms with Gasteiger partial charge >= 0.3 is 0 Å².